The molecule has 0 radical (unpaired) electrons. The molecule has 1 heterocycles. The number of aliphatic hydroxyl groups excluding tert-OH is 1. The zero-order valence-corrected chi connectivity index (χ0v) is 9.65. The van der Waals surface area contributed by atoms with E-state index in [4.69, 9.17) is 5.11 Å². The maximum atomic E-state index is 13.9. The van der Waals surface area contributed by atoms with Gasteiger partial charge in [-0.25, -0.2) is 4.39 Å². The maximum Gasteiger partial charge on any atom is 0.408 e. The van der Waals surface area contributed by atoms with E-state index < -0.39 is 25.1 Å². The standard InChI is InChI=1S/C12H10F4N2O/c13-11-8(6-19)2-1-3-10(11)9-4-17-18(5-9)7-12(14,15)16/h1-5,19H,6-7H2. The number of alkyl halides is 3. The Morgan fingerprint density at radius 1 is 1.26 bits per heavy atom. The molecule has 1 aromatic carbocycles. The molecule has 2 rings (SSSR count). The molecule has 0 unspecified atom stereocenters. The number of hydrogen-bond donors (Lipinski definition) is 1. The third kappa shape index (κ3) is 3.11. The van der Waals surface area contributed by atoms with Crippen LogP contribution in [0.15, 0.2) is 30.6 Å². The lowest BCUT2D eigenvalue weighted by atomic mass is 10.1. The summed E-state index contributed by atoms with van der Waals surface area (Å²) in [7, 11) is 0. The van der Waals surface area contributed by atoms with Crippen LogP contribution >= 0.6 is 0 Å². The van der Waals surface area contributed by atoms with E-state index >= 15 is 0 Å². The minimum atomic E-state index is -4.38. The minimum absolute atomic E-state index is 0.0843. The molecule has 0 saturated heterocycles. The van der Waals surface area contributed by atoms with Crippen molar-refractivity contribution in [1.29, 1.82) is 0 Å². The number of halogens is 4. The lowest BCUT2D eigenvalue weighted by Crippen LogP contribution is -2.17. The molecule has 0 bridgehead atoms. The Bertz CT molecular complexity index is 577. The zero-order valence-electron chi connectivity index (χ0n) is 9.65. The summed E-state index contributed by atoms with van der Waals surface area (Å²) in [5.74, 6) is -0.656. The van der Waals surface area contributed by atoms with Crippen molar-refractivity contribution in [3.05, 3.63) is 42.0 Å². The third-order valence-corrected chi connectivity index (χ3v) is 2.53. The smallest absolute Gasteiger partial charge is 0.392 e. The fourth-order valence-corrected chi connectivity index (χ4v) is 1.70. The Hall–Kier alpha value is -1.89. The van der Waals surface area contributed by atoms with Crippen molar-refractivity contribution in [2.75, 3.05) is 0 Å². The van der Waals surface area contributed by atoms with Gasteiger partial charge >= 0.3 is 6.18 Å². The zero-order chi connectivity index (χ0) is 14.0. The van der Waals surface area contributed by atoms with Gasteiger partial charge in [-0.1, -0.05) is 18.2 Å². The van der Waals surface area contributed by atoms with E-state index in [1.807, 2.05) is 0 Å². The Balaban J connectivity index is 2.33. The van der Waals surface area contributed by atoms with Gasteiger partial charge in [-0.05, 0) is 0 Å². The normalized spacial score (nSPS) is 11.8. The van der Waals surface area contributed by atoms with Crippen LogP contribution in [-0.2, 0) is 13.2 Å². The molecule has 19 heavy (non-hydrogen) atoms. The van der Waals surface area contributed by atoms with Gasteiger partial charge in [0, 0.05) is 22.9 Å². The lowest BCUT2D eigenvalue weighted by Gasteiger charge is -2.06. The fraction of sp³-hybridized carbons (Fsp3) is 0.250. The van der Waals surface area contributed by atoms with E-state index in [0.717, 1.165) is 12.4 Å². The highest BCUT2D eigenvalue weighted by Crippen LogP contribution is 2.25. The van der Waals surface area contributed by atoms with Crippen LogP contribution in [-0.4, -0.2) is 21.1 Å². The first kappa shape index (κ1) is 13.5. The van der Waals surface area contributed by atoms with Crippen LogP contribution in [0.4, 0.5) is 17.6 Å². The summed E-state index contributed by atoms with van der Waals surface area (Å²) >= 11 is 0. The molecule has 3 nitrogen and oxygen atoms in total. The summed E-state index contributed by atoms with van der Waals surface area (Å²) in [6.07, 6.45) is -2.10. The van der Waals surface area contributed by atoms with E-state index in [9.17, 15) is 17.6 Å². The molecule has 0 saturated carbocycles. The van der Waals surface area contributed by atoms with Crippen LogP contribution in [0.1, 0.15) is 5.56 Å². The van der Waals surface area contributed by atoms with Crippen molar-refractivity contribution < 1.29 is 22.7 Å². The van der Waals surface area contributed by atoms with Crippen LogP contribution in [0.25, 0.3) is 11.1 Å². The molecule has 0 atom stereocenters. The van der Waals surface area contributed by atoms with E-state index in [2.05, 4.69) is 5.10 Å². The third-order valence-electron chi connectivity index (χ3n) is 2.53. The number of aliphatic hydroxyl groups is 1. The Morgan fingerprint density at radius 2 is 2.00 bits per heavy atom. The van der Waals surface area contributed by atoms with Crippen molar-refractivity contribution in [3.63, 3.8) is 0 Å². The van der Waals surface area contributed by atoms with Crippen molar-refractivity contribution in [3.8, 4) is 11.1 Å². The number of hydrogen-bond acceptors (Lipinski definition) is 2. The fourth-order valence-electron chi connectivity index (χ4n) is 1.70. The highest BCUT2D eigenvalue weighted by Gasteiger charge is 2.28. The SMILES string of the molecule is OCc1cccc(-c2cnn(CC(F)(F)F)c2)c1F. The monoisotopic (exact) mass is 274 g/mol. The van der Waals surface area contributed by atoms with Gasteiger partial charge < -0.3 is 5.11 Å². The largest absolute Gasteiger partial charge is 0.408 e. The average molecular weight is 274 g/mol. The quantitative estimate of drug-likeness (QED) is 0.874. The summed E-state index contributed by atoms with van der Waals surface area (Å²) in [6.45, 7) is -1.70. The van der Waals surface area contributed by atoms with Crippen LogP contribution in [0.3, 0.4) is 0 Å². The first-order valence-electron chi connectivity index (χ1n) is 5.38. The van der Waals surface area contributed by atoms with Gasteiger partial charge in [-0.15, -0.1) is 0 Å². The van der Waals surface area contributed by atoms with Crippen molar-refractivity contribution >= 4 is 0 Å². The summed E-state index contributed by atoms with van der Waals surface area (Å²) < 4.78 is 51.1. The first-order chi connectivity index (χ1) is 8.90. The highest BCUT2D eigenvalue weighted by atomic mass is 19.4. The molecule has 0 amide bonds. The number of nitrogens with zero attached hydrogens (tertiary/aromatic N) is 2. The van der Waals surface area contributed by atoms with Gasteiger partial charge in [-0.2, -0.15) is 18.3 Å². The van der Waals surface area contributed by atoms with E-state index in [-0.39, 0.29) is 16.7 Å². The van der Waals surface area contributed by atoms with Crippen LogP contribution < -0.4 is 0 Å². The Morgan fingerprint density at radius 3 is 2.63 bits per heavy atom. The summed E-state index contributed by atoms with van der Waals surface area (Å²) in [6, 6.07) is 4.34. The van der Waals surface area contributed by atoms with Gasteiger partial charge in [0.2, 0.25) is 0 Å². The topological polar surface area (TPSA) is 38.1 Å². The predicted octanol–water partition coefficient (Wildman–Crippen LogP) is 2.74. The second-order valence-electron chi connectivity index (χ2n) is 3.98. The van der Waals surface area contributed by atoms with E-state index in [0.29, 0.717) is 4.68 Å². The molecular weight excluding hydrogens is 264 g/mol. The molecule has 102 valence electrons. The van der Waals surface area contributed by atoms with Crippen molar-refractivity contribution in [1.82, 2.24) is 9.78 Å². The molecular formula is C12H10F4N2O. The molecule has 1 N–H and O–H groups in total. The molecule has 2 aromatic rings. The van der Waals surface area contributed by atoms with Crippen molar-refractivity contribution in [2.24, 2.45) is 0 Å². The predicted molar refractivity (Wildman–Crippen MR) is 59.6 cm³/mol. The summed E-state index contributed by atoms with van der Waals surface area (Å²) in [5, 5.41) is 12.5. The Labute approximate surface area is 106 Å². The van der Waals surface area contributed by atoms with Crippen molar-refractivity contribution in [2.45, 2.75) is 19.3 Å². The number of rotatable bonds is 3. The molecule has 0 spiro atoms. The van der Waals surface area contributed by atoms with Gasteiger partial charge in [0.15, 0.2) is 0 Å². The van der Waals surface area contributed by atoms with Gasteiger partial charge in [-0.3, -0.25) is 4.68 Å². The van der Waals surface area contributed by atoms with Gasteiger partial charge in [0.05, 0.1) is 12.8 Å². The molecule has 0 aliphatic rings. The van der Waals surface area contributed by atoms with Gasteiger partial charge in [0.1, 0.15) is 12.4 Å². The average Bonchev–Trinajstić information content (AvgIpc) is 2.75. The van der Waals surface area contributed by atoms with Gasteiger partial charge in [0.25, 0.3) is 0 Å². The number of aromatic nitrogens is 2. The van der Waals surface area contributed by atoms with Crippen LogP contribution in [0.2, 0.25) is 0 Å². The summed E-state index contributed by atoms with van der Waals surface area (Å²) in [5.41, 5.74) is 0.429. The molecule has 0 fully saturated rings. The number of benzene rings is 1. The van der Waals surface area contributed by atoms with E-state index in [1.165, 1.54) is 18.2 Å². The first-order valence-corrected chi connectivity index (χ1v) is 5.38. The Kier molecular flexibility index (Phi) is 3.57. The minimum Gasteiger partial charge on any atom is -0.392 e. The van der Waals surface area contributed by atoms with E-state index in [1.54, 1.807) is 0 Å². The molecule has 1 aromatic heterocycles. The molecule has 7 heteroatoms. The molecule has 0 aliphatic heterocycles. The maximum absolute atomic E-state index is 13.9. The van der Waals surface area contributed by atoms with Crippen LogP contribution in [0, 0.1) is 5.82 Å². The second kappa shape index (κ2) is 5.00. The summed E-state index contributed by atoms with van der Waals surface area (Å²) in [4.78, 5) is 0. The highest BCUT2D eigenvalue weighted by molar-refractivity contribution is 5.63. The lowest BCUT2D eigenvalue weighted by molar-refractivity contribution is -0.142. The molecule has 0 aliphatic carbocycles. The van der Waals surface area contributed by atoms with Crippen LogP contribution in [0.5, 0.6) is 0 Å². The second-order valence-corrected chi connectivity index (χ2v) is 3.98.